The quantitative estimate of drug-likeness (QED) is 0.0831. The van der Waals surface area contributed by atoms with E-state index in [2.05, 4.69) is 65.8 Å². The Labute approximate surface area is 284 Å². The summed E-state index contributed by atoms with van der Waals surface area (Å²) in [6, 6.07) is 8.61. The van der Waals surface area contributed by atoms with E-state index in [1.165, 1.54) is 125 Å². The number of rotatable bonds is 29. The van der Waals surface area contributed by atoms with Gasteiger partial charge in [-0.05, 0) is 99.9 Å². The third-order valence-electron chi connectivity index (χ3n) is 9.01. The summed E-state index contributed by atoms with van der Waals surface area (Å²) in [5.74, 6) is 4.02. The summed E-state index contributed by atoms with van der Waals surface area (Å²) in [7, 11) is 0. The molecule has 0 spiro atoms. The van der Waals surface area contributed by atoms with Crippen molar-refractivity contribution >= 4 is 0 Å². The van der Waals surface area contributed by atoms with E-state index < -0.39 is 0 Å². The van der Waals surface area contributed by atoms with Gasteiger partial charge in [-0.25, -0.2) is 0 Å². The number of ether oxygens (including phenoxy) is 4. The van der Waals surface area contributed by atoms with Gasteiger partial charge in [0.1, 0.15) is 23.0 Å². The van der Waals surface area contributed by atoms with Gasteiger partial charge in [-0.2, -0.15) is 0 Å². The first kappa shape index (κ1) is 39.8. The molecule has 0 saturated carbocycles. The van der Waals surface area contributed by atoms with Crippen LogP contribution in [-0.4, -0.2) is 26.4 Å². The fraction of sp³-hybridized carbons (Fsp3) is 0.714. The van der Waals surface area contributed by atoms with Crippen molar-refractivity contribution in [2.24, 2.45) is 0 Å². The van der Waals surface area contributed by atoms with Crippen LogP contribution in [-0.2, 0) is 0 Å². The van der Waals surface area contributed by atoms with Crippen molar-refractivity contribution in [1.82, 2.24) is 0 Å². The fourth-order valence-electron chi connectivity index (χ4n) is 5.91. The van der Waals surface area contributed by atoms with Crippen LogP contribution in [0.25, 0.3) is 0 Å². The van der Waals surface area contributed by atoms with Gasteiger partial charge in [-0.3, -0.25) is 0 Å². The number of hydrogen-bond donors (Lipinski definition) is 0. The molecule has 0 N–H and O–H groups in total. The van der Waals surface area contributed by atoms with E-state index in [0.29, 0.717) is 0 Å². The van der Waals surface area contributed by atoms with Crippen LogP contribution in [0.2, 0.25) is 0 Å². The van der Waals surface area contributed by atoms with Crippen molar-refractivity contribution in [3.05, 3.63) is 46.5 Å². The molecule has 0 aliphatic heterocycles. The third-order valence-corrected chi connectivity index (χ3v) is 9.01. The highest BCUT2D eigenvalue weighted by atomic mass is 16.5. The summed E-state index contributed by atoms with van der Waals surface area (Å²) in [4.78, 5) is 0. The van der Waals surface area contributed by atoms with Gasteiger partial charge < -0.3 is 18.9 Å². The van der Waals surface area contributed by atoms with Crippen molar-refractivity contribution in [3.63, 3.8) is 0 Å². The Hall–Kier alpha value is -2.36. The predicted molar refractivity (Wildman–Crippen MR) is 197 cm³/mol. The molecule has 0 fully saturated rings. The largest absolute Gasteiger partial charge is 0.493 e. The van der Waals surface area contributed by atoms with Gasteiger partial charge in [-0.1, -0.05) is 117 Å². The average molecular weight is 639 g/mol. The molecule has 0 heterocycles. The van der Waals surface area contributed by atoms with Crippen molar-refractivity contribution in [3.8, 4) is 23.0 Å². The van der Waals surface area contributed by atoms with E-state index in [4.69, 9.17) is 18.9 Å². The summed E-state index contributed by atoms with van der Waals surface area (Å²) in [6.07, 6.45) is 25.3. The lowest BCUT2D eigenvalue weighted by Gasteiger charge is -2.14. The molecule has 4 nitrogen and oxygen atoms in total. The summed E-state index contributed by atoms with van der Waals surface area (Å²) >= 11 is 0. The van der Waals surface area contributed by atoms with Gasteiger partial charge in [0.25, 0.3) is 0 Å². The maximum absolute atomic E-state index is 6.14. The minimum Gasteiger partial charge on any atom is -0.493 e. The van der Waals surface area contributed by atoms with Crippen molar-refractivity contribution in [2.75, 3.05) is 26.4 Å². The lowest BCUT2D eigenvalue weighted by atomic mass is 10.1. The summed E-state index contributed by atoms with van der Waals surface area (Å²) in [5, 5.41) is 0. The molecule has 0 unspecified atom stereocenters. The van der Waals surface area contributed by atoms with Gasteiger partial charge in [0.2, 0.25) is 0 Å². The fourth-order valence-corrected chi connectivity index (χ4v) is 5.91. The number of aryl methyl sites for hydroxylation is 4. The SMILES string of the molecule is CCCCCCCCOc1cc(C)c(OCCCCCCCCCCOc2cc(C)c(OCCCCCCCC)cc2C)cc1C. The van der Waals surface area contributed by atoms with Crippen LogP contribution in [0.4, 0.5) is 0 Å². The lowest BCUT2D eigenvalue weighted by molar-refractivity contribution is 0.291. The highest BCUT2D eigenvalue weighted by Gasteiger charge is 2.09. The zero-order valence-electron chi connectivity index (χ0n) is 30.9. The Morgan fingerprint density at radius 2 is 0.500 bits per heavy atom. The number of benzene rings is 2. The maximum Gasteiger partial charge on any atom is 0.122 e. The summed E-state index contributed by atoms with van der Waals surface area (Å²) < 4.78 is 24.4. The molecule has 4 heteroatoms. The molecule has 0 bridgehead atoms. The van der Waals surface area contributed by atoms with Gasteiger partial charge in [0, 0.05) is 0 Å². The average Bonchev–Trinajstić information content (AvgIpc) is 3.04. The smallest absolute Gasteiger partial charge is 0.122 e. The van der Waals surface area contributed by atoms with E-state index in [-0.39, 0.29) is 0 Å². The Balaban J connectivity index is 1.48. The molecule has 2 aromatic rings. The summed E-state index contributed by atoms with van der Waals surface area (Å²) in [5.41, 5.74) is 4.68. The van der Waals surface area contributed by atoms with Crippen LogP contribution in [0.1, 0.15) is 165 Å². The Morgan fingerprint density at radius 3 is 0.717 bits per heavy atom. The molecular formula is C42H70O4. The topological polar surface area (TPSA) is 36.9 Å². The Morgan fingerprint density at radius 1 is 0.304 bits per heavy atom. The minimum absolute atomic E-state index is 0.792. The van der Waals surface area contributed by atoms with E-state index in [9.17, 15) is 0 Å². The van der Waals surface area contributed by atoms with E-state index in [1.807, 2.05) is 0 Å². The minimum atomic E-state index is 0.792. The van der Waals surface area contributed by atoms with Crippen LogP contribution in [0.5, 0.6) is 23.0 Å². The zero-order valence-corrected chi connectivity index (χ0v) is 30.9. The standard InChI is InChI=1S/C42H70O4/c1-7-9-11-13-19-23-27-43-39-31-37(5)41(33-35(39)3)45-29-25-21-17-15-16-18-22-26-30-46-42-34-36(4)40(32-38(42)6)44-28-24-20-14-12-10-8-2/h31-34H,7-30H2,1-6H3. The molecule has 0 saturated heterocycles. The molecule has 0 aliphatic carbocycles. The first-order valence-electron chi connectivity index (χ1n) is 19.2. The lowest BCUT2D eigenvalue weighted by Crippen LogP contribution is -2.03. The molecule has 0 aliphatic rings. The summed E-state index contributed by atoms with van der Waals surface area (Å²) in [6.45, 7) is 16.2. The second-order valence-corrected chi connectivity index (χ2v) is 13.5. The molecule has 0 atom stereocenters. The molecule has 262 valence electrons. The third kappa shape index (κ3) is 17.5. The molecular weight excluding hydrogens is 568 g/mol. The molecule has 0 radical (unpaired) electrons. The van der Waals surface area contributed by atoms with Gasteiger partial charge >= 0.3 is 0 Å². The highest BCUT2D eigenvalue weighted by molar-refractivity contribution is 5.46. The van der Waals surface area contributed by atoms with Crippen LogP contribution in [0.15, 0.2) is 24.3 Å². The molecule has 46 heavy (non-hydrogen) atoms. The highest BCUT2D eigenvalue weighted by Crippen LogP contribution is 2.30. The molecule has 0 amide bonds. The maximum atomic E-state index is 6.14. The second kappa shape index (κ2) is 25.7. The first-order chi connectivity index (χ1) is 22.5. The van der Waals surface area contributed by atoms with Gasteiger partial charge in [0.05, 0.1) is 26.4 Å². The van der Waals surface area contributed by atoms with Crippen molar-refractivity contribution < 1.29 is 18.9 Å². The Bertz CT molecular complexity index is 963. The molecule has 2 rings (SSSR count). The zero-order chi connectivity index (χ0) is 33.2. The van der Waals surface area contributed by atoms with Crippen LogP contribution in [0.3, 0.4) is 0 Å². The van der Waals surface area contributed by atoms with Crippen LogP contribution in [0, 0.1) is 27.7 Å². The molecule has 0 aromatic heterocycles. The Kier molecular flexibility index (Phi) is 22.2. The predicted octanol–water partition coefficient (Wildman–Crippen LogP) is 13.0. The second-order valence-electron chi connectivity index (χ2n) is 13.5. The van der Waals surface area contributed by atoms with E-state index >= 15 is 0 Å². The van der Waals surface area contributed by atoms with Gasteiger partial charge in [-0.15, -0.1) is 0 Å². The van der Waals surface area contributed by atoms with Gasteiger partial charge in [0.15, 0.2) is 0 Å². The first-order valence-corrected chi connectivity index (χ1v) is 19.2. The monoisotopic (exact) mass is 639 g/mol. The number of hydrogen-bond acceptors (Lipinski definition) is 4. The van der Waals surface area contributed by atoms with Crippen LogP contribution >= 0.6 is 0 Å². The van der Waals surface area contributed by atoms with Crippen LogP contribution < -0.4 is 18.9 Å². The van der Waals surface area contributed by atoms with E-state index in [1.54, 1.807) is 0 Å². The van der Waals surface area contributed by atoms with Crippen molar-refractivity contribution in [2.45, 2.75) is 170 Å². The van der Waals surface area contributed by atoms with E-state index in [0.717, 1.165) is 75.1 Å². The van der Waals surface area contributed by atoms with Crippen molar-refractivity contribution in [1.29, 1.82) is 0 Å². The molecule has 2 aromatic carbocycles. The normalized spacial score (nSPS) is 11.2. The number of unbranched alkanes of at least 4 members (excludes halogenated alkanes) is 17.